The summed E-state index contributed by atoms with van der Waals surface area (Å²) in [5, 5.41) is 6.12. The molecule has 49 heavy (non-hydrogen) atoms. The van der Waals surface area contributed by atoms with Crippen molar-refractivity contribution in [2.45, 2.75) is 69.2 Å². The number of fused-ring (bicyclic) bond motifs is 1. The molecule has 2 heterocycles. The zero-order chi connectivity index (χ0) is 35.6. The number of halogens is 4. The molecule has 1 fully saturated rings. The third-order valence-electron chi connectivity index (χ3n) is 7.83. The van der Waals surface area contributed by atoms with Crippen LogP contribution < -0.4 is 20.1 Å². The number of carbonyl (C=O) groups is 1. The summed E-state index contributed by atoms with van der Waals surface area (Å²) in [5.74, 6) is 0.0537. The standard InChI is InChI=1S/C33H36ClF3N6O5S/c1-32(2,3)48-31(44)40-22-11-9-19(10-12-22)17-38-30-39-18-21-15-20(16-24(28(21)42-30)33(35,36)37)23-13-14-27(41-29(23)47-4)43-49(45,46)26-8-6-5-7-25(26)34/h5-8,13-16,18-19,22H,9-12,17H2,1-4H3,(H,40,44)(H,41,43)(H,38,39,42). The number of hydrogen-bond acceptors (Lipinski definition) is 9. The Balaban J connectivity index is 1.32. The van der Waals surface area contributed by atoms with E-state index < -0.39 is 33.5 Å². The lowest BCUT2D eigenvalue weighted by Crippen LogP contribution is -2.41. The van der Waals surface area contributed by atoms with Crippen LogP contribution in [0.15, 0.2) is 59.6 Å². The quantitative estimate of drug-likeness (QED) is 0.159. The Labute approximate surface area is 287 Å². The molecule has 0 saturated heterocycles. The molecule has 2 aromatic heterocycles. The maximum absolute atomic E-state index is 14.4. The Kier molecular flexibility index (Phi) is 10.4. The van der Waals surface area contributed by atoms with Gasteiger partial charge in [0.25, 0.3) is 10.0 Å². The second-order valence-electron chi connectivity index (χ2n) is 12.7. The minimum atomic E-state index is -4.76. The number of methoxy groups -OCH3 is 1. The molecule has 0 aliphatic heterocycles. The van der Waals surface area contributed by atoms with E-state index in [4.69, 9.17) is 21.1 Å². The van der Waals surface area contributed by atoms with E-state index in [2.05, 4.69) is 30.3 Å². The molecule has 1 aliphatic carbocycles. The number of carbonyl (C=O) groups excluding carboxylic acids is 1. The number of amides is 1. The number of ether oxygens (including phenoxy) is 2. The third kappa shape index (κ3) is 9.01. The molecule has 0 bridgehead atoms. The average Bonchev–Trinajstić information content (AvgIpc) is 3.02. The number of nitrogens with one attached hydrogen (secondary N) is 3. The summed E-state index contributed by atoms with van der Waals surface area (Å²) in [6.45, 7) is 5.86. The van der Waals surface area contributed by atoms with E-state index in [1.165, 1.54) is 49.7 Å². The maximum atomic E-state index is 14.4. The van der Waals surface area contributed by atoms with Crippen LogP contribution in [-0.2, 0) is 20.9 Å². The highest BCUT2D eigenvalue weighted by atomic mass is 35.5. The van der Waals surface area contributed by atoms with Crippen LogP contribution in [0.1, 0.15) is 52.0 Å². The number of alkyl carbamates (subject to hydrolysis) is 1. The monoisotopic (exact) mass is 720 g/mol. The second-order valence-corrected chi connectivity index (χ2v) is 14.7. The van der Waals surface area contributed by atoms with E-state index in [9.17, 15) is 26.4 Å². The Morgan fingerprint density at radius 2 is 1.73 bits per heavy atom. The summed E-state index contributed by atoms with van der Waals surface area (Å²) in [6.07, 6.45) is -0.800. The Morgan fingerprint density at radius 3 is 2.39 bits per heavy atom. The minimum Gasteiger partial charge on any atom is -0.480 e. The van der Waals surface area contributed by atoms with Gasteiger partial charge in [0.2, 0.25) is 11.8 Å². The van der Waals surface area contributed by atoms with Gasteiger partial charge in [0.15, 0.2) is 0 Å². The van der Waals surface area contributed by atoms with E-state index in [1.807, 2.05) is 0 Å². The number of anilines is 2. The molecule has 262 valence electrons. The van der Waals surface area contributed by atoms with Crippen LogP contribution in [0.5, 0.6) is 5.88 Å². The number of pyridine rings is 1. The first-order valence-electron chi connectivity index (χ1n) is 15.5. The highest BCUT2D eigenvalue weighted by Gasteiger charge is 2.35. The number of aromatic nitrogens is 3. The molecule has 16 heteroatoms. The lowest BCUT2D eigenvalue weighted by Gasteiger charge is -2.30. The van der Waals surface area contributed by atoms with E-state index in [-0.39, 0.29) is 61.6 Å². The molecule has 3 N–H and O–H groups in total. The molecule has 0 atom stereocenters. The summed E-state index contributed by atoms with van der Waals surface area (Å²) < 4.78 is 82.0. The van der Waals surface area contributed by atoms with Gasteiger partial charge in [-0.2, -0.15) is 18.2 Å². The zero-order valence-electron chi connectivity index (χ0n) is 27.2. The number of sulfonamides is 1. The van der Waals surface area contributed by atoms with Crippen molar-refractivity contribution in [2.24, 2.45) is 5.92 Å². The highest BCUT2D eigenvalue weighted by Crippen LogP contribution is 2.40. The van der Waals surface area contributed by atoms with Gasteiger partial charge in [-0.25, -0.2) is 23.2 Å². The lowest BCUT2D eigenvalue weighted by molar-refractivity contribution is -0.136. The normalized spacial score (nSPS) is 17.0. The van der Waals surface area contributed by atoms with Crippen molar-refractivity contribution in [1.82, 2.24) is 20.3 Å². The van der Waals surface area contributed by atoms with Crippen LogP contribution in [0, 0.1) is 5.92 Å². The van der Waals surface area contributed by atoms with Gasteiger partial charge in [0, 0.05) is 29.7 Å². The first-order chi connectivity index (χ1) is 23.0. The van der Waals surface area contributed by atoms with E-state index in [0.717, 1.165) is 31.7 Å². The largest absolute Gasteiger partial charge is 0.480 e. The Morgan fingerprint density at radius 1 is 1.02 bits per heavy atom. The summed E-state index contributed by atoms with van der Waals surface area (Å²) >= 11 is 6.05. The zero-order valence-corrected chi connectivity index (χ0v) is 28.8. The van der Waals surface area contributed by atoms with Crippen molar-refractivity contribution in [2.75, 3.05) is 23.7 Å². The second kappa shape index (κ2) is 14.2. The average molecular weight is 721 g/mol. The number of hydrogen-bond donors (Lipinski definition) is 3. The van der Waals surface area contributed by atoms with Crippen molar-refractivity contribution >= 4 is 50.4 Å². The predicted octanol–water partition coefficient (Wildman–Crippen LogP) is 7.67. The van der Waals surface area contributed by atoms with Crippen molar-refractivity contribution < 1.29 is 35.9 Å². The molecule has 1 aliphatic rings. The molecular formula is C33H36ClF3N6O5S. The van der Waals surface area contributed by atoms with Crippen molar-refractivity contribution in [3.63, 3.8) is 0 Å². The number of nitrogens with zero attached hydrogens (tertiary/aromatic N) is 3. The summed E-state index contributed by atoms with van der Waals surface area (Å²) in [7, 11) is -2.85. The van der Waals surface area contributed by atoms with E-state index >= 15 is 0 Å². The van der Waals surface area contributed by atoms with Crippen LogP contribution >= 0.6 is 11.6 Å². The lowest BCUT2D eigenvalue weighted by atomic mass is 9.86. The fourth-order valence-corrected chi connectivity index (χ4v) is 7.07. The van der Waals surface area contributed by atoms with Crippen LogP contribution in [0.25, 0.3) is 22.0 Å². The fourth-order valence-electron chi connectivity index (χ4n) is 5.55. The number of alkyl halides is 3. The fraction of sp³-hybridized carbons (Fsp3) is 0.394. The van der Waals surface area contributed by atoms with Crippen molar-refractivity contribution in [3.8, 4) is 17.0 Å². The van der Waals surface area contributed by atoms with Gasteiger partial charge in [0.05, 0.1) is 23.2 Å². The molecule has 1 saturated carbocycles. The summed E-state index contributed by atoms with van der Waals surface area (Å²) in [4.78, 5) is 24.6. The topological polar surface area (TPSA) is 144 Å². The minimum absolute atomic E-state index is 0.00530. The first kappa shape index (κ1) is 35.9. The molecule has 1 amide bonds. The van der Waals surface area contributed by atoms with Gasteiger partial charge in [0.1, 0.15) is 16.3 Å². The molecule has 5 rings (SSSR count). The molecule has 2 aromatic carbocycles. The molecular weight excluding hydrogens is 685 g/mol. The van der Waals surface area contributed by atoms with Gasteiger partial charge in [-0.3, -0.25) is 4.72 Å². The van der Waals surface area contributed by atoms with Crippen LogP contribution in [0.4, 0.5) is 29.7 Å². The highest BCUT2D eigenvalue weighted by molar-refractivity contribution is 7.92. The molecule has 11 nitrogen and oxygen atoms in total. The molecule has 0 radical (unpaired) electrons. The molecule has 4 aromatic rings. The van der Waals surface area contributed by atoms with Crippen LogP contribution in [0.3, 0.4) is 0 Å². The van der Waals surface area contributed by atoms with Gasteiger partial charge in [-0.15, -0.1) is 0 Å². The predicted molar refractivity (Wildman–Crippen MR) is 180 cm³/mol. The van der Waals surface area contributed by atoms with Crippen molar-refractivity contribution in [3.05, 3.63) is 65.3 Å². The van der Waals surface area contributed by atoms with Crippen LogP contribution in [-0.4, -0.2) is 54.8 Å². The summed E-state index contributed by atoms with van der Waals surface area (Å²) in [6, 6.07) is 11.0. The summed E-state index contributed by atoms with van der Waals surface area (Å²) in [5.41, 5.74) is -1.54. The van der Waals surface area contributed by atoms with Gasteiger partial charge < -0.3 is 20.1 Å². The van der Waals surface area contributed by atoms with E-state index in [1.54, 1.807) is 26.8 Å². The first-order valence-corrected chi connectivity index (χ1v) is 17.3. The van der Waals surface area contributed by atoms with Crippen molar-refractivity contribution in [1.29, 1.82) is 0 Å². The van der Waals surface area contributed by atoms with Gasteiger partial charge in [-0.1, -0.05) is 23.7 Å². The molecule has 0 unspecified atom stereocenters. The van der Waals surface area contributed by atoms with E-state index in [0.29, 0.717) is 6.54 Å². The third-order valence-corrected chi connectivity index (χ3v) is 9.69. The SMILES string of the molecule is COc1nc(NS(=O)(=O)c2ccccc2Cl)ccc1-c1cc(C(F)(F)F)c2nc(NCC3CCC(NC(=O)OC(C)(C)C)CC3)ncc2c1. The maximum Gasteiger partial charge on any atom is 0.418 e. The number of rotatable bonds is 9. The Hall–Kier alpha value is -4.37. The molecule has 0 spiro atoms. The van der Waals surface area contributed by atoms with Crippen LogP contribution in [0.2, 0.25) is 5.02 Å². The van der Waals surface area contributed by atoms with Gasteiger partial charge in [-0.05, 0) is 94.3 Å². The smallest absolute Gasteiger partial charge is 0.418 e. The number of benzene rings is 2. The Bertz CT molecular complexity index is 1950. The van der Waals surface area contributed by atoms with Gasteiger partial charge >= 0.3 is 12.3 Å².